The third-order valence-corrected chi connectivity index (χ3v) is 11.4. The maximum atomic E-state index is 9.79. The molecule has 11 rings (SSSR count). The van der Waals surface area contributed by atoms with Crippen molar-refractivity contribution in [2.75, 3.05) is 9.80 Å². The molecule has 3 heteroatoms. The minimum Gasteiger partial charge on any atom is -0.310 e. The van der Waals surface area contributed by atoms with Crippen LogP contribution in [0.1, 0.15) is 5.56 Å². The number of fused-ring (bicyclic) bond motifs is 6. The summed E-state index contributed by atoms with van der Waals surface area (Å²) in [7, 11) is 0. The molecule has 0 aliphatic heterocycles. The Balaban J connectivity index is 1.27. The average Bonchev–Trinajstić information content (AvgIpc) is 3.27. The summed E-state index contributed by atoms with van der Waals surface area (Å²) in [5.74, 6) is 0. The Hall–Kier alpha value is -7.67. The first kappa shape index (κ1) is 31.8. The van der Waals surface area contributed by atoms with E-state index in [2.05, 4.69) is 204 Å². The van der Waals surface area contributed by atoms with Crippen LogP contribution < -0.4 is 9.80 Å². The van der Waals surface area contributed by atoms with Crippen LogP contribution >= 0.6 is 0 Å². The predicted octanol–water partition coefficient (Wildman–Crippen LogP) is 14.9. The molecule has 0 aliphatic carbocycles. The number of benzene rings is 11. The quantitative estimate of drug-likeness (QED) is 0.127. The number of hydrogen-bond donors (Lipinski definition) is 0. The molecular weight excluding hydrogens is 679 g/mol. The number of anilines is 6. The van der Waals surface area contributed by atoms with Gasteiger partial charge >= 0.3 is 0 Å². The van der Waals surface area contributed by atoms with Crippen molar-refractivity contribution in [1.82, 2.24) is 0 Å². The number of nitriles is 1. The highest BCUT2D eigenvalue weighted by atomic mass is 15.2. The molecule has 0 aromatic heterocycles. The van der Waals surface area contributed by atoms with E-state index in [1.165, 1.54) is 53.9 Å². The molecule has 0 aliphatic rings. The van der Waals surface area contributed by atoms with E-state index in [1.54, 1.807) is 0 Å². The molecule has 0 bridgehead atoms. The normalized spacial score (nSPS) is 11.6. The molecule has 0 N–H and O–H groups in total. The fraction of sp³-hybridized carbons (Fsp3) is 0. The van der Waals surface area contributed by atoms with Gasteiger partial charge in [0.2, 0.25) is 0 Å². The highest BCUT2D eigenvalue weighted by Crippen LogP contribution is 2.51. The third-order valence-electron chi connectivity index (χ3n) is 11.4. The Labute approximate surface area is 324 Å². The van der Waals surface area contributed by atoms with Gasteiger partial charge in [0.25, 0.3) is 0 Å². The second kappa shape index (κ2) is 12.7. The number of para-hydroxylation sites is 2. The fourth-order valence-electron chi connectivity index (χ4n) is 8.94. The van der Waals surface area contributed by atoms with Gasteiger partial charge in [0, 0.05) is 44.0 Å². The van der Waals surface area contributed by atoms with Gasteiger partial charge in [-0.05, 0) is 104 Å². The van der Waals surface area contributed by atoms with Crippen LogP contribution in [0.15, 0.2) is 200 Å². The van der Waals surface area contributed by atoms with E-state index in [-0.39, 0.29) is 0 Å². The largest absolute Gasteiger partial charge is 0.310 e. The van der Waals surface area contributed by atoms with Gasteiger partial charge in [0.15, 0.2) is 0 Å². The zero-order chi connectivity index (χ0) is 37.2. The zero-order valence-electron chi connectivity index (χ0n) is 30.4. The van der Waals surface area contributed by atoms with Gasteiger partial charge in [0.05, 0.1) is 28.7 Å². The standard InChI is InChI=1S/C53H33N3/c54-34-35-23-27-40(28-24-35)56(50-33-37-13-7-8-18-41(37)42-19-9-11-21-44(42)50)48-32-30-46-43-20-10-12-22-45(43)53-49(31-26-36-25-29-47(48)52(46)51(36)53)55(38-14-3-1-4-15-38)39-16-5-2-6-17-39/h1-33H. The van der Waals surface area contributed by atoms with Gasteiger partial charge in [-0.25, -0.2) is 0 Å². The summed E-state index contributed by atoms with van der Waals surface area (Å²) in [6.45, 7) is 0. The van der Waals surface area contributed by atoms with Gasteiger partial charge < -0.3 is 9.80 Å². The number of rotatable bonds is 6. The molecule has 0 amide bonds. The van der Waals surface area contributed by atoms with Gasteiger partial charge in [-0.1, -0.05) is 133 Å². The molecule has 0 saturated carbocycles. The van der Waals surface area contributed by atoms with Crippen molar-refractivity contribution < 1.29 is 0 Å². The lowest BCUT2D eigenvalue weighted by atomic mass is 9.87. The summed E-state index contributed by atoms with van der Waals surface area (Å²) in [5, 5.41) is 24.3. The van der Waals surface area contributed by atoms with E-state index in [1.807, 2.05) is 12.1 Å². The number of hydrogen-bond acceptors (Lipinski definition) is 3. The lowest BCUT2D eigenvalue weighted by Gasteiger charge is -2.31. The van der Waals surface area contributed by atoms with Crippen molar-refractivity contribution in [2.45, 2.75) is 0 Å². The van der Waals surface area contributed by atoms with E-state index in [0.717, 1.165) is 44.9 Å². The summed E-state index contributed by atoms with van der Waals surface area (Å²) in [6, 6.07) is 74.0. The van der Waals surface area contributed by atoms with Crippen LogP contribution in [-0.4, -0.2) is 0 Å². The summed E-state index contributed by atoms with van der Waals surface area (Å²) in [5.41, 5.74) is 7.13. The van der Waals surface area contributed by atoms with Gasteiger partial charge in [-0.15, -0.1) is 0 Å². The second-order valence-corrected chi connectivity index (χ2v) is 14.4. The van der Waals surface area contributed by atoms with Crippen molar-refractivity contribution in [2.24, 2.45) is 0 Å². The smallest absolute Gasteiger partial charge is 0.0991 e. The Kier molecular flexibility index (Phi) is 7.23. The van der Waals surface area contributed by atoms with Crippen LogP contribution in [0.4, 0.5) is 34.1 Å². The van der Waals surface area contributed by atoms with E-state index >= 15 is 0 Å². The van der Waals surface area contributed by atoms with E-state index in [9.17, 15) is 5.26 Å². The summed E-state index contributed by atoms with van der Waals surface area (Å²) in [4.78, 5) is 4.79. The first-order valence-corrected chi connectivity index (χ1v) is 19.0. The van der Waals surface area contributed by atoms with E-state index < -0.39 is 0 Å². The van der Waals surface area contributed by atoms with Gasteiger partial charge in [-0.2, -0.15) is 5.26 Å². The minimum absolute atomic E-state index is 0.632. The van der Waals surface area contributed by atoms with Crippen LogP contribution in [0, 0.1) is 11.3 Å². The second-order valence-electron chi connectivity index (χ2n) is 14.4. The monoisotopic (exact) mass is 711 g/mol. The highest BCUT2D eigenvalue weighted by molar-refractivity contribution is 6.37. The third kappa shape index (κ3) is 4.83. The molecule has 11 aromatic carbocycles. The van der Waals surface area contributed by atoms with Gasteiger partial charge in [-0.3, -0.25) is 0 Å². The summed E-state index contributed by atoms with van der Waals surface area (Å²) < 4.78 is 0. The highest BCUT2D eigenvalue weighted by Gasteiger charge is 2.25. The van der Waals surface area contributed by atoms with Crippen molar-refractivity contribution in [3.8, 4) is 6.07 Å². The molecule has 0 unspecified atom stereocenters. The molecule has 0 fully saturated rings. The molecule has 0 saturated heterocycles. The van der Waals surface area contributed by atoms with Crippen molar-refractivity contribution in [3.63, 3.8) is 0 Å². The van der Waals surface area contributed by atoms with Crippen LogP contribution in [0.3, 0.4) is 0 Å². The van der Waals surface area contributed by atoms with Crippen LogP contribution in [0.25, 0.3) is 64.6 Å². The molecular formula is C53H33N3. The van der Waals surface area contributed by atoms with Crippen molar-refractivity contribution >= 4 is 98.8 Å². The topological polar surface area (TPSA) is 30.3 Å². The predicted molar refractivity (Wildman–Crippen MR) is 237 cm³/mol. The molecule has 260 valence electrons. The molecule has 56 heavy (non-hydrogen) atoms. The Bertz CT molecular complexity index is 3270. The SMILES string of the molecule is N#Cc1ccc(N(c2cc3ccccc3c3ccccc23)c2ccc3c4ccccc4c4c(N(c5ccccc5)c5ccccc5)ccc5ccc2c3c54)cc1. The zero-order valence-corrected chi connectivity index (χ0v) is 30.4. The molecule has 3 nitrogen and oxygen atoms in total. The van der Waals surface area contributed by atoms with Crippen LogP contribution in [-0.2, 0) is 0 Å². The molecule has 0 radical (unpaired) electrons. The first-order valence-electron chi connectivity index (χ1n) is 19.0. The maximum absolute atomic E-state index is 9.79. The van der Waals surface area contributed by atoms with Gasteiger partial charge in [0.1, 0.15) is 0 Å². The summed E-state index contributed by atoms with van der Waals surface area (Å²) >= 11 is 0. The maximum Gasteiger partial charge on any atom is 0.0991 e. The molecule has 0 atom stereocenters. The number of nitrogens with zero attached hydrogens (tertiary/aromatic N) is 3. The Morgan fingerprint density at radius 3 is 1.52 bits per heavy atom. The lowest BCUT2D eigenvalue weighted by Crippen LogP contribution is -2.12. The van der Waals surface area contributed by atoms with Crippen molar-refractivity contribution in [1.29, 1.82) is 5.26 Å². The van der Waals surface area contributed by atoms with Crippen LogP contribution in [0.5, 0.6) is 0 Å². The van der Waals surface area contributed by atoms with E-state index in [0.29, 0.717) is 5.56 Å². The fourth-order valence-corrected chi connectivity index (χ4v) is 8.94. The minimum atomic E-state index is 0.632. The van der Waals surface area contributed by atoms with Crippen molar-refractivity contribution in [3.05, 3.63) is 206 Å². The first-order chi connectivity index (χ1) is 27.8. The Morgan fingerprint density at radius 2 is 0.821 bits per heavy atom. The molecule has 11 aromatic rings. The Morgan fingerprint density at radius 1 is 0.304 bits per heavy atom. The lowest BCUT2D eigenvalue weighted by molar-refractivity contribution is 1.30. The molecule has 0 heterocycles. The van der Waals surface area contributed by atoms with Crippen LogP contribution in [0.2, 0.25) is 0 Å². The summed E-state index contributed by atoms with van der Waals surface area (Å²) in [6.07, 6.45) is 0. The molecule has 0 spiro atoms. The van der Waals surface area contributed by atoms with E-state index in [4.69, 9.17) is 0 Å². The average molecular weight is 712 g/mol.